The number of nitrogens with zero attached hydrogens (tertiary/aromatic N) is 2. The molecular formula is C19H20N2O3. The largest absolute Gasteiger partial charge is 0.481 e. The van der Waals surface area contributed by atoms with Crippen LogP contribution in [0.25, 0.3) is 16.8 Å². The van der Waals surface area contributed by atoms with Crippen molar-refractivity contribution in [3.05, 3.63) is 54.4 Å². The second-order valence-corrected chi connectivity index (χ2v) is 6.39. The summed E-state index contributed by atoms with van der Waals surface area (Å²) in [5.74, 6) is -0.163. The molecule has 1 unspecified atom stereocenters. The first kappa shape index (κ1) is 15.0. The predicted molar refractivity (Wildman–Crippen MR) is 91.2 cm³/mol. The highest BCUT2D eigenvalue weighted by atomic mass is 16.4. The van der Waals surface area contributed by atoms with Crippen molar-refractivity contribution in [3.63, 3.8) is 0 Å². The summed E-state index contributed by atoms with van der Waals surface area (Å²) < 4.78 is 7.75. The van der Waals surface area contributed by atoms with Crippen LogP contribution in [0.3, 0.4) is 0 Å². The topological polar surface area (TPSA) is 58.6 Å². The SMILES string of the molecule is O=C(O)C1CCCN(Cc2cc3ccccc3n2-c2ccco2)C1. The number of benzene rings is 1. The summed E-state index contributed by atoms with van der Waals surface area (Å²) in [7, 11) is 0. The number of fused-ring (bicyclic) bond motifs is 1. The Kier molecular flexibility index (Phi) is 3.86. The normalized spacial score (nSPS) is 18.9. The van der Waals surface area contributed by atoms with Crippen molar-refractivity contribution in [2.75, 3.05) is 13.1 Å². The Morgan fingerprint density at radius 2 is 2.12 bits per heavy atom. The van der Waals surface area contributed by atoms with Crippen LogP contribution in [0.4, 0.5) is 0 Å². The summed E-state index contributed by atoms with van der Waals surface area (Å²) in [5, 5.41) is 10.5. The van der Waals surface area contributed by atoms with Gasteiger partial charge in [0.25, 0.3) is 0 Å². The molecule has 1 saturated heterocycles. The minimum atomic E-state index is -0.689. The van der Waals surface area contributed by atoms with E-state index in [1.165, 1.54) is 0 Å². The van der Waals surface area contributed by atoms with Crippen molar-refractivity contribution in [3.8, 4) is 5.88 Å². The lowest BCUT2D eigenvalue weighted by Crippen LogP contribution is -2.38. The molecule has 1 atom stereocenters. The Morgan fingerprint density at radius 1 is 1.25 bits per heavy atom. The van der Waals surface area contributed by atoms with E-state index in [-0.39, 0.29) is 5.92 Å². The number of hydrogen-bond acceptors (Lipinski definition) is 3. The molecule has 0 radical (unpaired) electrons. The summed E-state index contributed by atoms with van der Waals surface area (Å²) in [6.07, 6.45) is 3.38. The Hall–Kier alpha value is -2.53. The van der Waals surface area contributed by atoms with Gasteiger partial charge >= 0.3 is 5.97 Å². The van der Waals surface area contributed by atoms with Gasteiger partial charge in [-0.05, 0) is 37.6 Å². The monoisotopic (exact) mass is 324 g/mol. The first-order valence-corrected chi connectivity index (χ1v) is 8.31. The predicted octanol–water partition coefficient (Wildman–Crippen LogP) is 3.52. The molecule has 3 aromatic rings. The van der Waals surface area contributed by atoms with E-state index in [9.17, 15) is 9.90 Å². The zero-order chi connectivity index (χ0) is 16.5. The molecule has 1 aromatic carbocycles. The van der Waals surface area contributed by atoms with Gasteiger partial charge in [-0.15, -0.1) is 0 Å². The fourth-order valence-electron chi connectivity index (χ4n) is 3.62. The third-order valence-corrected chi connectivity index (χ3v) is 4.75. The number of likely N-dealkylation sites (tertiary alicyclic amines) is 1. The Morgan fingerprint density at radius 3 is 2.92 bits per heavy atom. The van der Waals surface area contributed by atoms with E-state index in [4.69, 9.17) is 4.42 Å². The van der Waals surface area contributed by atoms with Crippen LogP contribution in [0.2, 0.25) is 0 Å². The van der Waals surface area contributed by atoms with E-state index in [1.54, 1.807) is 6.26 Å². The third-order valence-electron chi connectivity index (χ3n) is 4.75. The number of aliphatic carboxylic acids is 1. The maximum atomic E-state index is 11.3. The minimum absolute atomic E-state index is 0.264. The van der Waals surface area contributed by atoms with Crippen LogP contribution >= 0.6 is 0 Å². The fraction of sp³-hybridized carbons (Fsp3) is 0.316. The Bertz CT molecular complexity index is 851. The lowest BCUT2D eigenvalue weighted by atomic mass is 9.98. The molecule has 2 aromatic heterocycles. The second-order valence-electron chi connectivity index (χ2n) is 6.39. The molecule has 0 bridgehead atoms. The standard InChI is InChI=1S/C19H20N2O3/c22-19(23)15-6-3-9-20(12-15)13-16-11-14-5-1-2-7-17(14)21(16)18-8-4-10-24-18/h1-2,4-5,7-8,10-11,15H,3,6,9,12-13H2,(H,22,23). The zero-order valence-electron chi connectivity index (χ0n) is 13.4. The number of carbonyl (C=O) groups is 1. The summed E-state index contributed by atoms with van der Waals surface area (Å²) >= 11 is 0. The van der Waals surface area contributed by atoms with Crippen molar-refractivity contribution >= 4 is 16.9 Å². The highest BCUT2D eigenvalue weighted by Gasteiger charge is 2.26. The van der Waals surface area contributed by atoms with Gasteiger partial charge in [-0.25, -0.2) is 0 Å². The van der Waals surface area contributed by atoms with E-state index in [0.29, 0.717) is 6.54 Å². The van der Waals surface area contributed by atoms with Crippen molar-refractivity contribution in [2.45, 2.75) is 19.4 Å². The summed E-state index contributed by atoms with van der Waals surface area (Å²) in [6, 6.07) is 14.2. The van der Waals surface area contributed by atoms with E-state index in [1.807, 2.05) is 24.3 Å². The van der Waals surface area contributed by atoms with E-state index in [2.05, 4.69) is 27.7 Å². The molecular weight excluding hydrogens is 304 g/mol. The van der Waals surface area contributed by atoms with Crippen LogP contribution in [0, 0.1) is 5.92 Å². The maximum Gasteiger partial charge on any atom is 0.307 e. The molecule has 1 aliphatic heterocycles. The van der Waals surface area contributed by atoms with Crippen molar-refractivity contribution in [1.82, 2.24) is 9.47 Å². The number of furan rings is 1. The number of aromatic nitrogens is 1. The third kappa shape index (κ3) is 2.71. The molecule has 4 rings (SSSR count). The average molecular weight is 324 g/mol. The first-order chi connectivity index (χ1) is 11.7. The average Bonchev–Trinajstić information content (AvgIpc) is 3.21. The molecule has 0 aliphatic carbocycles. The number of rotatable bonds is 4. The van der Waals surface area contributed by atoms with Crippen LogP contribution in [0.5, 0.6) is 0 Å². The van der Waals surface area contributed by atoms with E-state index in [0.717, 1.165) is 48.4 Å². The van der Waals surface area contributed by atoms with Gasteiger partial charge in [-0.2, -0.15) is 0 Å². The maximum absolute atomic E-state index is 11.3. The van der Waals surface area contributed by atoms with Crippen LogP contribution < -0.4 is 0 Å². The summed E-state index contributed by atoms with van der Waals surface area (Å²) in [4.78, 5) is 13.5. The molecule has 5 nitrogen and oxygen atoms in total. The highest BCUT2D eigenvalue weighted by molar-refractivity contribution is 5.82. The summed E-state index contributed by atoms with van der Waals surface area (Å²) in [6.45, 7) is 2.26. The molecule has 0 saturated carbocycles. The number of piperidine rings is 1. The molecule has 0 amide bonds. The zero-order valence-corrected chi connectivity index (χ0v) is 13.4. The van der Waals surface area contributed by atoms with Gasteiger partial charge in [0.2, 0.25) is 5.88 Å². The fourth-order valence-corrected chi connectivity index (χ4v) is 3.62. The molecule has 0 spiro atoms. The van der Waals surface area contributed by atoms with E-state index >= 15 is 0 Å². The van der Waals surface area contributed by atoms with Gasteiger partial charge in [0, 0.05) is 30.2 Å². The molecule has 3 heterocycles. The number of hydrogen-bond donors (Lipinski definition) is 1. The van der Waals surface area contributed by atoms with Crippen LogP contribution in [-0.4, -0.2) is 33.6 Å². The Labute approximate surface area is 140 Å². The Balaban J connectivity index is 1.69. The molecule has 1 aliphatic rings. The quantitative estimate of drug-likeness (QED) is 0.798. The van der Waals surface area contributed by atoms with Gasteiger partial charge in [-0.1, -0.05) is 18.2 Å². The smallest absolute Gasteiger partial charge is 0.307 e. The molecule has 5 heteroatoms. The number of carboxylic acids is 1. The lowest BCUT2D eigenvalue weighted by Gasteiger charge is -2.30. The van der Waals surface area contributed by atoms with Gasteiger partial charge in [0.05, 0.1) is 17.7 Å². The van der Waals surface area contributed by atoms with Crippen LogP contribution in [-0.2, 0) is 11.3 Å². The number of para-hydroxylation sites is 1. The van der Waals surface area contributed by atoms with Crippen LogP contribution in [0.1, 0.15) is 18.5 Å². The van der Waals surface area contributed by atoms with Gasteiger partial charge < -0.3 is 9.52 Å². The second kappa shape index (κ2) is 6.17. The van der Waals surface area contributed by atoms with Crippen molar-refractivity contribution < 1.29 is 14.3 Å². The molecule has 1 fully saturated rings. The van der Waals surface area contributed by atoms with Gasteiger partial charge in [-0.3, -0.25) is 14.3 Å². The van der Waals surface area contributed by atoms with Gasteiger partial charge in [0.1, 0.15) is 0 Å². The molecule has 1 N–H and O–H groups in total. The van der Waals surface area contributed by atoms with E-state index < -0.39 is 5.97 Å². The van der Waals surface area contributed by atoms with Crippen molar-refractivity contribution in [1.29, 1.82) is 0 Å². The minimum Gasteiger partial charge on any atom is -0.481 e. The number of carboxylic acid groups (broad SMARTS) is 1. The highest BCUT2D eigenvalue weighted by Crippen LogP contribution is 2.27. The molecule has 24 heavy (non-hydrogen) atoms. The molecule has 124 valence electrons. The van der Waals surface area contributed by atoms with Crippen molar-refractivity contribution in [2.24, 2.45) is 5.92 Å². The summed E-state index contributed by atoms with van der Waals surface area (Å²) in [5.41, 5.74) is 2.23. The first-order valence-electron chi connectivity index (χ1n) is 8.31. The lowest BCUT2D eigenvalue weighted by molar-refractivity contribution is -0.143. The van der Waals surface area contributed by atoms with Crippen LogP contribution in [0.15, 0.2) is 53.1 Å². The van der Waals surface area contributed by atoms with Gasteiger partial charge in [0.15, 0.2) is 0 Å².